The minimum atomic E-state index is -0.409. The van der Waals surface area contributed by atoms with E-state index in [1.165, 1.54) is 32.1 Å². The molecule has 0 unspecified atom stereocenters. The van der Waals surface area contributed by atoms with Gasteiger partial charge in [0, 0.05) is 56.4 Å². The Morgan fingerprint density at radius 1 is 0.900 bits per heavy atom. The number of nitrogens with one attached hydrogen (secondary N) is 3. The van der Waals surface area contributed by atoms with Crippen molar-refractivity contribution in [3.05, 3.63) is 59.7 Å². The monoisotopic (exact) mass is 547 g/mol. The van der Waals surface area contributed by atoms with Gasteiger partial charge in [0.25, 0.3) is 0 Å². The minimum Gasteiger partial charge on any atom is -0.457 e. The molecule has 3 aliphatic rings. The van der Waals surface area contributed by atoms with Crippen LogP contribution in [0.25, 0.3) is 0 Å². The first-order valence-electron chi connectivity index (χ1n) is 15.2. The van der Waals surface area contributed by atoms with Gasteiger partial charge in [-0.3, -0.25) is 9.59 Å². The molecule has 2 fully saturated rings. The molecule has 0 spiro atoms. The Labute approximate surface area is 238 Å². The van der Waals surface area contributed by atoms with E-state index in [1.807, 2.05) is 36.4 Å². The SMILES string of the molecule is COCCCCC1(CNC(=O)[C@@H]2CNC[C@H](C(=O)NCC3CCCCC3)C2)c2ccccc2Oc2ccccc21. The first kappa shape index (κ1) is 28.6. The van der Waals surface area contributed by atoms with Gasteiger partial charge in [0.2, 0.25) is 11.8 Å². The predicted octanol–water partition coefficient (Wildman–Crippen LogP) is 4.93. The Bertz CT molecular complexity index is 1100. The smallest absolute Gasteiger partial charge is 0.224 e. The molecule has 2 aromatic carbocycles. The number of piperidine rings is 1. The molecule has 3 N–H and O–H groups in total. The van der Waals surface area contributed by atoms with Crippen LogP contribution in [0.2, 0.25) is 0 Å². The Hall–Kier alpha value is -2.90. The van der Waals surface area contributed by atoms with E-state index >= 15 is 0 Å². The van der Waals surface area contributed by atoms with Crippen LogP contribution in [0.4, 0.5) is 0 Å². The summed E-state index contributed by atoms with van der Waals surface area (Å²) >= 11 is 0. The molecular formula is C33H45N3O4. The molecule has 40 heavy (non-hydrogen) atoms. The van der Waals surface area contributed by atoms with Gasteiger partial charge in [-0.15, -0.1) is 0 Å². The van der Waals surface area contributed by atoms with Gasteiger partial charge in [-0.25, -0.2) is 0 Å². The number of para-hydroxylation sites is 2. The van der Waals surface area contributed by atoms with Gasteiger partial charge in [-0.1, -0.05) is 55.7 Å². The number of methoxy groups -OCH3 is 1. The van der Waals surface area contributed by atoms with Gasteiger partial charge in [-0.05, 0) is 56.6 Å². The molecule has 1 saturated heterocycles. The van der Waals surface area contributed by atoms with E-state index in [-0.39, 0.29) is 23.7 Å². The molecule has 0 bridgehead atoms. The quantitative estimate of drug-likeness (QED) is 0.347. The molecule has 7 nitrogen and oxygen atoms in total. The lowest BCUT2D eigenvalue weighted by molar-refractivity contribution is -0.129. The standard InChI is InChI=1S/C33H45N3O4/c1-39-18-10-9-17-33(27-13-5-7-15-29(27)40-30-16-8-6-14-28(30)33)23-36-32(38)26-19-25(21-34-22-26)31(37)35-20-24-11-3-2-4-12-24/h5-8,13-16,24-26,34H,2-4,9-12,17-23H2,1H3,(H,35,37)(H,36,38)/t25-,26+/m1/s1. The van der Waals surface area contributed by atoms with Gasteiger partial charge in [0.05, 0.1) is 11.8 Å². The van der Waals surface area contributed by atoms with E-state index in [2.05, 4.69) is 28.1 Å². The molecule has 2 atom stereocenters. The average Bonchev–Trinajstić information content (AvgIpc) is 3.01. The van der Waals surface area contributed by atoms with Crippen LogP contribution in [-0.2, 0) is 19.7 Å². The zero-order chi connectivity index (χ0) is 27.8. The van der Waals surface area contributed by atoms with Crippen molar-refractivity contribution in [1.29, 1.82) is 0 Å². The Morgan fingerprint density at radius 3 is 2.17 bits per heavy atom. The van der Waals surface area contributed by atoms with Gasteiger partial charge < -0.3 is 25.4 Å². The van der Waals surface area contributed by atoms with Crippen LogP contribution in [0.5, 0.6) is 11.5 Å². The first-order valence-corrected chi connectivity index (χ1v) is 15.2. The van der Waals surface area contributed by atoms with Crippen LogP contribution in [-0.4, -0.2) is 51.7 Å². The van der Waals surface area contributed by atoms with E-state index < -0.39 is 5.41 Å². The number of hydrogen-bond donors (Lipinski definition) is 3. The molecule has 216 valence electrons. The van der Waals surface area contributed by atoms with Crippen LogP contribution in [0.3, 0.4) is 0 Å². The van der Waals surface area contributed by atoms with Crippen LogP contribution in [0.15, 0.2) is 48.5 Å². The van der Waals surface area contributed by atoms with Crippen molar-refractivity contribution in [3.63, 3.8) is 0 Å². The molecule has 5 rings (SSSR count). The second kappa shape index (κ2) is 13.6. The summed E-state index contributed by atoms with van der Waals surface area (Å²) in [6.45, 7) is 3.17. The van der Waals surface area contributed by atoms with Crippen molar-refractivity contribution >= 4 is 11.8 Å². The van der Waals surface area contributed by atoms with Crippen molar-refractivity contribution in [2.75, 3.05) is 39.9 Å². The summed E-state index contributed by atoms with van der Waals surface area (Å²) < 4.78 is 11.6. The molecule has 2 aromatic rings. The highest BCUT2D eigenvalue weighted by Crippen LogP contribution is 2.50. The molecule has 2 amide bonds. The molecule has 1 aliphatic carbocycles. The molecule has 0 radical (unpaired) electrons. The topological polar surface area (TPSA) is 88.7 Å². The number of unbranched alkanes of at least 4 members (excludes halogenated alkanes) is 1. The highest BCUT2D eigenvalue weighted by Gasteiger charge is 2.42. The van der Waals surface area contributed by atoms with E-state index in [9.17, 15) is 9.59 Å². The minimum absolute atomic E-state index is 0.00926. The van der Waals surface area contributed by atoms with Gasteiger partial charge in [0.15, 0.2) is 0 Å². The average molecular weight is 548 g/mol. The fourth-order valence-corrected chi connectivity index (χ4v) is 6.89. The maximum Gasteiger partial charge on any atom is 0.224 e. The third kappa shape index (κ3) is 6.52. The molecule has 7 heteroatoms. The third-order valence-corrected chi connectivity index (χ3v) is 9.17. The van der Waals surface area contributed by atoms with Crippen molar-refractivity contribution in [2.45, 2.75) is 63.2 Å². The summed E-state index contributed by atoms with van der Waals surface area (Å²) in [5.74, 6) is 1.95. The lowest BCUT2D eigenvalue weighted by atomic mass is 9.69. The highest BCUT2D eigenvalue weighted by molar-refractivity contribution is 5.83. The maximum atomic E-state index is 13.6. The fourth-order valence-electron chi connectivity index (χ4n) is 6.89. The zero-order valence-corrected chi connectivity index (χ0v) is 23.9. The molecule has 2 aliphatic heterocycles. The summed E-state index contributed by atoms with van der Waals surface area (Å²) in [5, 5.41) is 9.88. The number of ether oxygens (including phenoxy) is 2. The summed E-state index contributed by atoms with van der Waals surface area (Å²) in [5.41, 5.74) is 1.80. The summed E-state index contributed by atoms with van der Waals surface area (Å²) in [6.07, 6.45) is 9.60. The molecule has 1 saturated carbocycles. The van der Waals surface area contributed by atoms with Gasteiger partial charge >= 0.3 is 0 Å². The van der Waals surface area contributed by atoms with Crippen LogP contribution in [0.1, 0.15) is 68.9 Å². The fraction of sp³-hybridized carbons (Fsp3) is 0.576. The van der Waals surface area contributed by atoms with Crippen LogP contribution in [0, 0.1) is 17.8 Å². The lowest BCUT2D eigenvalue weighted by Gasteiger charge is -2.41. The van der Waals surface area contributed by atoms with E-state index in [0.29, 0.717) is 38.6 Å². The van der Waals surface area contributed by atoms with E-state index in [4.69, 9.17) is 9.47 Å². The number of carbonyl (C=O) groups excluding carboxylic acids is 2. The summed E-state index contributed by atoms with van der Waals surface area (Å²) in [4.78, 5) is 26.6. The van der Waals surface area contributed by atoms with Crippen LogP contribution < -0.4 is 20.7 Å². The van der Waals surface area contributed by atoms with Crippen LogP contribution >= 0.6 is 0 Å². The number of benzene rings is 2. The van der Waals surface area contributed by atoms with Gasteiger partial charge in [-0.2, -0.15) is 0 Å². The molecular weight excluding hydrogens is 502 g/mol. The number of rotatable bonds is 11. The van der Waals surface area contributed by atoms with E-state index in [1.54, 1.807) is 7.11 Å². The largest absolute Gasteiger partial charge is 0.457 e. The first-order chi connectivity index (χ1) is 19.6. The number of carbonyl (C=O) groups is 2. The van der Waals surface area contributed by atoms with Crippen molar-refractivity contribution in [1.82, 2.24) is 16.0 Å². The number of hydrogen-bond acceptors (Lipinski definition) is 5. The molecule has 0 aromatic heterocycles. The molecule has 2 heterocycles. The Kier molecular flexibility index (Phi) is 9.76. The van der Waals surface area contributed by atoms with Crippen molar-refractivity contribution in [2.24, 2.45) is 17.8 Å². The second-order valence-electron chi connectivity index (χ2n) is 11.9. The zero-order valence-electron chi connectivity index (χ0n) is 23.9. The maximum absolute atomic E-state index is 13.6. The van der Waals surface area contributed by atoms with E-state index in [0.717, 1.165) is 48.4 Å². The lowest BCUT2D eigenvalue weighted by Crippen LogP contribution is -2.51. The summed E-state index contributed by atoms with van der Waals surface area (Å²) in [7, 11) is 1.73. The normalized spacial score (nSPS) is 21.9. The second-order valence-corrected chi connectivity index (χ2v) is 11.9. The third-order valence-electron chi connectivity index (χ3n) is 9.17. The Balaban J connectivity index is 1.28. The number of amides is 2. The number of fused-ring (bicyclic) bond motifs is 2. The highest BCUT2D eigenvalue weighted by atomic mass is 16.5. The Morgan fingerprint density at radius 2 is 1.52 bits per heavy atom. The van der Waals surface area contributed by atoms with Gasteiger partial charge in [0.1, 0.15) is 11.5 Å². The summed E-state index contributed by atoms with van der Waals surface area (Å²) in [6, 6.07) is 16.4. The van der Waals surface area contributed by atoms with Crippen molar-refractivity contribution in [3.8, 4) is 11.5 Å². The van der Waals surface area contributed by atoms with Crippen molar-refractivity contribution < 1.29 is 19.1 Å². The predicted molar refractivity (Wildman–Crippen MR) is 157 cm³/mol.